The highest BCUT2D eigenvalue weighted by atomic mass is 32.1. The predicted molar refractivity (Wildman–Crippen MR) is 342 cm³/mol. The van der Waals surface area contributed by atoms with E-state index in [-0.39, 0.29) is 51.9 Å². The topological polar surface area (TPSA) is 302 Å². The van der Waals surface area contributed by atoms with Gasteiger partial charge < -0.3 is 35.6 Å². The largest absolute Gasteiger partial charge is 0.376 e. The van der Waals surface area contributed by atoms with Gasteiger partial charge in [0, 0.05) is 98.1 Å². The summed E-state index contributed by atoms with van der Waals surface area (Å²) in [5.74, 6) is 4.77. The maximum Gasteiger partial charge on any atom is 0.333 e. The first kappa shape index (κ1) is 59.3. The smallest absolute Gasteiger partial charge is 0.333 e. The van der Waals surface area contributed by atoms with E-state index in [1.165, 1.54) is 31.4 Å². The first-order chi connectivity index (χ1) is 42.9. The molecular formula is C62H74N18O7S. The molecule has 1 aliphatic heterocycles. The fourth-order valence-electron chi connectivity index (χ4n) is 11.0. The van der Waals surface area contributed by atoms with E-state index < -0.39 is 0 Å². The summed E-state index contributed by atoms with van der Waals surface area (Å²) in [6, 6.07) is 15.6. The Morgan fingerprint density at radius 2 is 0.955 bits per heavy atom. The minimum absolute atomic E-state index is 0.0135. The van der Waals surface area contributed by atoms with Crippen molar-refractivity contribution < 1.29 is 4.74 Å². The molecular weight excluding hydrogens is 1140 g/mol. The van der Waals surface area contributed by atoms with Gasteiger partial charge in [-0.3, -0.25) is 41.8 Å². The molecule has 0 spiro atoms. The quantitative estimate of drug-likeness (QED) is 0.0372. The molecule has 11 heterocycles. The van der Waals surface area contributed by atoms with Crippen LogP contribution >= 0.6 is 11.3 Å². The molecule has 0 amide bonds. The molecule has 14 rings (SSSR count). The molecule has 3 saturated carbocycles. The van der Waals surface area contributed by atoms with Crippen molar-refractivity contribution in [1.82, 2.24) is 72.3 Å². The van der Waals surface area contributed by atoms with Gasteiger partial charge in [0.25, 0.3) is 16.7 Å². The van der Waals surface area contributed by atoms with Gasteiger partial charge in [-0.2, -0.15) is 0 Å². The molecule has 0 aromatic carbocycles. The number of aryl methyl sites for hydroxylation is 3. The Balaban J connectivity index is 0.000000129. The summed E-state index contributed by atoms with van der Waals surface area (Å²) in [4.78, 5) is 115. The molecule has 1 saturated heterocycles. The van der Waals surface area contributed by atoms with E-state index in [0.29, 0.717) is 83.6 Å². The van der Waals surface area contributed by atoms with Crippen molar-refractivity contribution in [2.75, 3.05) is 35.6 Å². The minimum atomic E-state index is -0.316. The van der Waals surface area contributed by atoms with Gasteiger partial charge in [0.2, 0.25) is 0 Å². The fourth-order valence-corrected chi connectivity index (χ4v) is 11.6. The summed E-state index contributed by atoms with van der Waals surface area (Å²) in [5, 5.41) is 12.0. The van der Waals surface area contributed by atoms with Gasteiger partial charge in [0.15, 0.2) is 16.9 Å². The Kier molecular flexibility index (Phi) is 17.6. The number of H-pyrrole nitrogens is 3. The highest BCUT2D eigenvalue weighted by Crippen LogP contribution is 2.34. The van der Waals surface area contributed by atoms with Crippen LogP contribution in [0.1, 0.15) is 122 Å². The van der Waals surface area contributed by atoms with E-state index in [1.54, 1.807) is 43.6 Å². The molecule has 10 aromatic rings. The molecule has 6 N–H and O–H groups in total. The van der Waals surface area contributed by atoms with Crippen molar-refractivity contribution >= 4 is 62.3 Å². The lowest BCUT2D eigenvalue weighted by Gasteiger charge is -2.11. The molecule has 1 unspecified atom stereocenters. The average molecular weight is 1220 g/mol. The van der Waals surface area contributed by atoms with Crippen LogP contribution in [0.2, 0.25) is 0 Å². The second-order valence-corrected chi connectivity index (χ2v) is 24.0. The number of fused-ring (bicyclic) bond motifs is 3. The van der Waals surface area contributed by atoms with Crippen LogP contribution in [-0.2, 0) is 37.5 Å². The molecule has 1 atom stereocenters. The monoisotopic (exact) mass is 1210 g/mol. The van der Waals surface area contributed by atoms with Crippen LogP contribution in [0.5, 0.6) is 0 Å². The second kappa shape index (κ2) is 26.1. The van der Waals surface area contributed by atoms with Gasteiger partial charge in [0.1, 0.15) is 51.5 Å². The zero-order valence-corrected chi connectivity index (χ0v) is 50.8. The Morgan fingerprint density at radius 1 is 0.511 bits per heavy atom. The van der Waals surface area contributed by atoms with Crippen LogP contribution in [0.25, 0.3) is 67.7 Å². The summed E-state index contributed by atoms with van der Waals surface area (Å²) in [6.07, 6.45) is 16.7. The van der Waals surface area contributed by atoms with Crippen molar-refractivity contribution in [2.45, 2.75) is 156 Å². The van der Waals surface area contributed by atoms with E-state index >= 15 is 0 Å². The number of ether oxygens (including phenoxy) is 1. The number of nitrogens with one attached hydrogen (secondary N) is 6. The molecule has 0 radical (unpaired) electrons. The van der Waals surface area contributed by atoms with E-state index in [4.69, 9.17) is 4.74 Å². The summed E-state index contributed by atoms with van der Waals surface area (Å²) >= 11 is 1.70. The number of anilines is 3. The number of hydrogen-bond donors (Lipinski definition) is 6. The summed E-state index contributed by atoms with van der Waals surface area (Å²) < 4.78 is 14.5. The maximum atomic E-state index is 12.9. The van der Waals surface area contributed by atoms with E-state index in [0.717, 1.165) is 124 Å². The van der Waals surface area contributed by atoms with Gasteiger partial charge in [-0.15, -0.1) is 11.3 Å². The zero-order chi connectivity index (χ0) is 61.0. The number of nitrogens with zero attached hydrogens (tertiary/aromatic N) is 12. The van der Waals surface area contributed by atoms with Gasteiger partial charge >= 0.3 is 17.1 Å². The van der Waals surface area contributed by atoms with Crippen LogP contribution in [0.4, 0.5) is 17.5 Å². The van der Waals surface area contributed by atoms with Crippen LogP contribution in [0.3, 0.4) is 0 Å². The molecule has 88 heavy (non-hydrogen) atoms. The summed E-state index contributed by atoms with van der Waals surface area (Å²) in [5.41, 5.74) is 2.98. The number of rotatable bonds is 22. The lowest BCUT2D eigenvalue weighted by molar-refractivity contribution is 0.120. The van der Waals surface area contributed by atoms with Crippen molar-refractivity contribution in [2.24, 2.45) is 5.92 Å². The Labute approximate surface area is 508 Å². The number of aromatic nitrogens is 15. The highest BCUT2D eigenvalue weighted by molar-refractivity contribution is 7.09. The number of imidazole rings is 3. The molecule has 460 valence electrons. The van der Waals surface area contributed by atoms with Gasteiger partial charge in [-0.1, -0.05) is 33.8 Å². The predicted octanol–water partition coefficient (Wildman–Crippen LogP) is 8.24. The minimum Gasteiger partial charge on any atom is -0.376 e. The van der Waals surface area contributed by atoms with Crippen LogP contribution in [-0.4, -0.2) is 98.1 Å². The molecule has 10 aromatic heterocycles. The number of pyridine rings is 3. The maximum absolute atomic E-state index is 12.9. The number of thiophene rings is 1. The van der Waals surface area contributed by atoms with Gasteiger partial charge in [-0.25, -0.2) is 44.3 Å². The highest BCUT2D eigenvalue weighted by Gasteiger charge is 2.32. The average Bonchev–Trinajstić information content (AvgIpc) is 1.74. The summed E-state index contributed by atoms with van der Waals surface area (Å²) in [6.45, 7) is 13.2. The van der Waals surface area contributed by atoms with Crippen LogP contribution in [0.15, 0.2) is 101 Å². The third-order valence-corrected chi connectivity index (χ3v) is 16.9. The van der Waals surface area contributed by atoms with E-state index in [2.05, 4.69) is 66.9 Å². The normalized spacial score (nSPS) is 15.6. The number of hydrogen-bond acceptors (Lipinski definition) is 17. The van der Waals surface area contributed by atoms with E-state index in [9.17, 15) is 28.8 Å². The SMILES string of the molecule is CCCn1c(=O)c2[nH]c(-c3ccc(NCC4CC4)nc3)nc2n(CCC)c1=O.CCCn1c(=O)n(C2CC2)c(=O)c2[nH]c(-c3ccc(NCC4CCCO4)nc3)nc21.CCCn1c(=O)n(C2CC2)c(=O)c2[nH]c(-c3ccc(NCc4cccs4)nc3)nc21. The zero-order valence-electron chi connectivity index (χ0n) is 50.0. The van der Waals surface area contributed by atoms with Crippen molar-refractivity contribution in [3.8, 4) is 34.2 Å². The molecule has 3 aliphatic carbocycles. The lowest BCUT2D eigenvalue weighted by Crippen LogP contribution is -2.40. The standard InChI is InChI=1S/C21H26N6O3.C21H22N6O2S.C20H26N6O2/c2*1-2-9-26-19-17(20(28)27(21(26)29)14-6-7-14)24-18(25-19)13-5-8-16(22-11-13)23-12-15-4-3-10-30-15;1-3-9-25-18-16(19(27)26(10-4-2)20(25)28)23-17(24-18)14-7-8-15(22-12-14)21-11-13-5-6-13/h5,8,11,14-15H,2-4,6-7,9-10,12H2,1H3,(H,22,23)(H,24,25);3-5,8,10-11,14H,2,6-7,9,12H2,1H3,(H,22,23)(H,24,25);7-8,12-13H,3-6,9-11H2,1-2H3,(H,21,22)(H,23,24). The van der Waals surface area contributed by atoms with Crippen LogP contribution in [0, 0.1) is 5.92 Å². The second-order valence-electron chi connectivity index (χ2n) is 23.0. The van der Waals surface area contributed by atoms with Crippen molar-refractivity contribution in [3.63, 3.8) is 0 Å². The Morgan fingerprint density at radius 3 is 1.35 bits per heavy atom. The summed E-state index contributed by atoms with van der Waals surface area (Å²) in [7, 11) is 0. The van der Waals surface area contributed by atoms with Gasteiger partial charge in [-0.05, 0) is 131 Å². The van der Waals surface area contributed by atoms with Crippen molar-refractivity contribution in [1.29, 1.82) is 0 Å². The van der Waals surface area contributed by atoms with Crippen molar-refractivity contribution in [3.05, 3.63) is 140 Å². The Hall–Kier alpha value is -9.04. The first-order valence-corrected chi connectivity index (χ1v) is 31.8. The molecule has 26 heteroatoms. The number of aromatic amines is 3. The molecule has 4 aliphatic rings. The molecule has 0 bridgehead atoms. The molecule has 4 fully saturated rings. The first-order valence-electron chi connectivity index (χ1n) is 30.9. The third kappa shape index (κ3) is 12.7. The molecule has 25 nitrogen and oxygen atoms in total. The Bertz CT molecular complexity index is 4460. The van der Waals surface area contributed by atoms with Gasteiger partial charge in [0.05, 0.1) is 12.6 Å². The van der Waals surface area contributed by atoms with Crippen LogP contribution < -0.4 is 49.7 Å². The van der Waals surface area contributed by atoms with E-state index in [1.807, 2.05) is 75.5 Å². The lowest BCUT2D eigenvalue weighted by atomic mass is 10.2. The third-order valence-electron chi connectivity index (χ3n) is 16.0. The fraction of sp³-hybridized carbons (Fsp3) is 0.452.